The highest BCUT2D eigenvalue weighted by molar-refractivity contribution is 5.89. The molecule has 0 aliphatic heterocycles. The number of carbonyl (C=O) groups is 1. The molecule has 94 valence electrons. The third-order valence-electron chi connectivity index (χ3n) is 3.37. The van der Waals surface area contributed by atoms with Crippen molar-refractivity contribution in [2.45, 2.75) is 45.3 Å². The molecule has 1 atom stereocenters. The lowest BCUT2D eigenvalue weighted by molar-refractivity contribution is -0.0446. The van der Waals surface area contributed by atoms with Gasteiger partial charge in [0, 0.05) is 5.54 Å². The van der Waals surface area contributed by atoms with Crippen molar-refractivity contribution in [3.05, 3.63) is 35.9 Å². The lowest BCUT2D eigenvalue weighted by atomic mass is 9.83. The number of carbonyl (C=O) groups excluding carboxylic acids is 1. The SMILES string of the molecule is CCC(C)(OC(=O)c1ccccc1)C(C)(C)N. The quantitative estimate of drug-likeness (QED) is 0.816. The van der Waals surface area contributed by atoms with Crippen LogP contribution in [0.15, 0.2) is 30.3 Å². The molecular formula is C14H21NO2. The van der Waals surface area contributed by atoms with Gasteiger partial charge >= 0.3 is 5.97 Å². The number of benzene rings is 1. The molecule has 0 aliphatic carbocycles. The van der Waals surface area contributed by atoms with E-state index < -0.39 is 11.1 Å². The highest BCUT2D eigenvalue weighted by atomic mass is 16.6. The van der Waals surface area contributed by atoms with Gasteiger partial charge in [-0.25, -0.2) is 4.79 Å². The lowest BCUT2D eigenvalue weighted by Gasteiger charge is -2.40. The van der Waals surface area contributed by atoms with Gasteiger partial charge in [-0.05, 0) is 39.3 Å². The summed E-state index contributed by atoms with van der Waals surface area (Å²) >= 11 is 0. The van der Waals surface area contributed by atoms with E-state index in [4.69, 9.17) is 10.5 Å². The summed E-state index contributed by atoms with van der Waals surface area (Å²) in [5, 5.41) is 0. The Morgan fingerprint density at radius 2 is 1.76 bits per heavy atom. The maximum absolute atomic E-state index is 12.0. The maximum atomic E-state index is 12.0. The van der Waals surface area contributed by atoms with Crippen LogP contribution >= 0.6 is 0 Å². The zero-order valence-electron chi connectivity index (χ0n) is 11.0. The van der Waals surface area contributed by atoms with Crippen LogP contribution in [0.4, 0.5) is 0 Å². The third-order valence-corrected chi connectivity index (χ3v) is 3.37. The van der Waals surface area contributed by atoms with E-state index in [1.54, 1.807) is 12.1 Å². The molecular weight excluding hydrogens is 214 g/mol. The fraction of sp³-hybridized carbons (Fsp3) is 0.500. The first-order chi connectivity index (χ1) is 7.80. The predicted molar refractivity (Wildman–Crippen MR) is 68.8 cm³/mol. The Morgan fingerprint density at radius 3 is 2.18 bits per heavy atom. The van der Waals surface area contributed by atoms with Gasteiger partial charge in [0.2, 0.25) is 0 Å². The van der Waals surface area contributed by atoms with Crippen molar-refractivity contribution in [1.29, 1.82) is 0 Å². The molecule has 1 aromatic rings. The second kappa shape index (κ2) is 4.88. The highest BCUT2D eigenvalue weighted by Crippen LogP contribution is 2.28. The van der Waals surface area contributed by atoms with E-state index in [-0.39, 0.29) is 5.97 Å². The molecule has 0 radical (unpaired) electrons. The Labute approximate surface area is 103 Å². The third kappa shape index (κ3) is 3.07. The van der Waals surface area contributed by atoms with Crippen LogP contribution in [0.1, 0.15) is 44.5 Å². The van der Waals surface area contributed by atoms with E-state index in [1.807, 2.05) is 45.9 Å². The van der Waals surface area contributed by atoms with Crippen molar-refractivity contribution in [3.8, 4) is 0 Å². The van der Waals surface area contributed by atoms with Crippen molar-refractivity contribution in [2.75, 3.05) is 0 Å². The summed E-state index contributed by atoms with van der Waals surface area (Å²) in [7, 11) is 0. The van der Waals surface area contributed by atoms with Gasteiger partial charge in [0.15, 0.2) is 0 Å². The minimum Gasteiger partial charge on any atom is -0.454 e. The molecule has 1 rings (SSSR count). The molecule has 17 heavy (non-hydrogen) atoms. The number of hydrogen-bond acceptors (Lipinski definition) is 3. The molecule has 0 bridgehead atoms. The second-order valence-electron chi connectivity index (χ2n) is 5.06. The zero-order chi connectivity index (χ0) is 13.1. The van der Waals surface area contributed by atoms with Crippen LogP contribution in [0, 0.1) is 0 Å². The van der Waals surface area contributed by atoms with Crippen LogP contribution in [-0.4, -0.2) is 17.1 Å². The van der Waals surface area contributed by atoms with E-state index in [2.05, 4.69) is 0 Å². The normalized spacial score (nSPS) is 15.1. The topological polar surface area (TPSA) is 52.3 Å². The van der Waals surface area contributed by atoms with E-state index in [9.17, 15) is 4.79 Å². The average molecular weight is 235 g/mol. The summed E-state index contributed by atoms with van der Waals surface area (Å²) < 4.78 is 5.57. The number of nitrogens with two attached hydrogens (primary N) is 1. The molecule has 0 saturated heterocycles. The Hall–Kier alpha value is -1.35. The molecule has 1 aromatic carbocycles. The molecule has 1 unspecified atom stereocenters. The van der Waals surface area contributed by atoms with Crippen molar-refractivity contribution in [3.63, 3.8) is 0 Å². The molecule has 0 aromatic heterocycles. The molecule has 0 spiro atoms. The smallest absolute Gasteiger partial charge is 0.338 e. The summed E-state index contributed by atoms with van der Waals surface area (Å²) in [4.78, 5) is 12.0. The molecule has 0 amide bonds. The van der Waals surface area contributed by atoms with Gasteiger partial charge in [0.05, 0.1) is 5.56 Å². The van der Waals surface area contributed by atoms with Crippen LogP contribution in [-0.2, 0) is 4.74 Å². The van der Waals surface area contributed by atoms with Crippen LogP contribution in [0.25, 0.3) is 0 Å². The number of esters is 1. The highest BCUT2D eigenvalue weighted by Gasteiger charge is 2.40. The van der Waals surface area contributed by atoms with E-state index in [0.29, 0.717) is 12.0 Å². The van der Waals surface area contributed by atoms with Crippen LogP contribution in [0.5, 0.6) is 0 Å². The fourth-order valence-electron chi connectivity index (χ4n) is 1.50. The molecule has 0 aliphatic rings. The van der Waals surface area contributed by atoms with Crippen LogP contribution in [0.2, 0.25) is 0 Å². The summed E-state index contributed by atoms with van der Waals surface area (Å²) in [5.74, 6) is -0.325. The molecule has 3 heteroatoms. The molecule has 0 saturated carbocycles. The van der Waals surface area contributed by atoms with E-state index >= 15 is 0 Å². The second-order valence-corrected chi connectivity index (χ2v) is 5.06. The van der Waals surface area contributed by atoms with Crippen molar-refractivity contribution < 1.29 is 9.53 Å². The van der Waals surface area contributed by atoms with Gasteiger partial charge in [0.1, 0.15) is 5.60 Å². The first kappa shape index (κ1) is 13.7. The Kier molecular flexibility index (Phi) is 3.94. The molecule has 2 N–H and O–H groups in total. The molecule has 0 fully saturated rings. The predicted octanol–water partition coefficient (Wildman–Crippen LogP) is 2.75. The standard InChI is InChI=1S/C14H21NO2/c1-5-14(4,13(2,3)15)17-12(16)11-9-7-6-8-10-11/h6-10H,5,15H2,1-4H3. The molecule has 3 nitrogen and oxygen atoms in total. The Balaban J connectivity index is 2.87. The first-order valence-corrected chi connectivity index (χ1v) is 5.87. The first-order valence-electron chi connectivity index (χ1n) is 5.87. The minimum atomic E-state index is -0.667. The van der Waals surface area contributed by atoms with Gasteiger partial charge in [-0.3, -0.25) is 0 Å². The van der Waals surface area contributed by atoms with E-state index in [1.165, 1.54) is 0 Å². The lowest BCUT2D eigenvalue weighted by Crippen LogP contribution is -2.56. The van der Waals surface area contributed by atoms with Gasteiger partial charge in [-0.2, -0.15) is 0 Å². The average Bonchev–Trinajstić information content (AvgIpc) is 2.28. The van der Waals surface area contributed by atoms with E-state index in [0.717, 1.165) is 0 Å². The zero-order valence-corrected chi connectivity index (χ0v) is 11.0. The fourth-order valence-corrected chi connectivity index (χ4v) is 1.50. The summed E-state index contributed by atoms with van der Waals surface area (Å²) in [6.45, 7) is 7.57. The maximum Gasteiger partial charge on any atom is 0.338 e. The van der Waals surface area contributed by atoms with Gasteiger partial charge < -0.3 is 10.5 Å². The number of hydrogen-bond donors (Lipinski definition) is 1. The van der Waals surface area contributed by atoms with Gasteiger partial charge in [-0.1, -0.05) is 25.1 Å². The van der Waals surface area contributed by atoms with Crippen LogP contribution < -0.4 is 5.73 Å². The Bertz CT molecular complexity index is 381. The van der Waals surface area contributed by atoms with Crippen molar-refractivity contribution >= 4 is 5.97 Å². The minimum absolute atomic E-state index is 0.325. The largest absolute Gasteiger partial charge is 0.454 e. The van der Waals surface area contributed by atoms with Gasteiger partial charge in [-0.15, -0.1) is 0 Å². The monoisotopic (exact) mass is 235 g/mol. The number of ether oxygens (including phenoxy) is 1. The summed E-state index contributed by atoms with van der Waals surface area (Å²) in [6.07, 6.45) is 0.676. The van der Waals surface area contributed by atoms with Crippen molar-refractivity contribution in [2.24, 2.45) is 5.73 Å². The number of rotatable bonds is 4. The summed E-state index contributed by atoms with van der Waals surface area (Å²) in [6, 6.07) is 8.97. The summed E-state index contributed by atoms with van der Waals surface area (Å²) in [5.41, 5.74) is 5.38. The van der Waals surface area contributed by atoms with Crippen LogP contribution in [0.3, 0.4) is 0 Å². The van der Waals surface area contributed by atoms with Gasteiger partial charge in [0.25, 0.3) is 0 Å². The molecule has 0 heterocycles. The Morgan fingerprint density at radius 1 is 1.24 bits per heavy atom. The van der Waals surface area contributed by atoms with Crippen molar-refractivity contribution in [1.82, 2.24) is 0 Å².